The third-order valence-electron chi connectivity index (χ3n) is 2.25. The Labute approximate surface area is 81.6 Å². The van der Waals surface area contributed by atoms with Crippen LogP contribution < -0.4 is 5.32 Å². The molecule has 2 heterocycles. The molecule has 0 aliphatic carbocycles. The average Bonchev–Trinajstić information content (AvgIpc) is 2.59. The lowest BCUT2D eigenvalue weighted by molar-refractivity contribution is 0.251. The molecule has 6 nitrogen and oxygen atoms in total. The molecule has 0 amide bonds. The maximum absolute atomic E-state index is 11.3. The summed E-state index contributed by atoms with van der Waals surface area (Å²) in [6.07, 6.45) is 2.59. The smallest absolute Gasteiger partial charge is 0.251 e. The van der Waals surface area contributed by atoms with E-state index in [-0.39, 0.29) is 12.6 Å². The van der Waals surface area contributed by atoms with Gasteiger partial charge in [-0.1, -0.05) is 0 Å². The van der Waals surface area contributed by atoms with E-state index in [1.165, 1.54) is 6.20 Å². The Morgan fingerprint density at radius 2 is 2.50 bits per heavy atom. The van der Waals surface area contributed by atoms with E-state index in [1.54, 1.807) is 0 Å². The summed E-state index contributed by atoms with van der Waals surface area (Å²) in [7, 11) is -3.33. The number of aromatic nitrogens is 2. The highest BCUT2D eigenvalue weighted by Gasteiger charge is 2.28. The Kier molecular flexibility index (Phi) is 2.09. The van der Waals surface area contributed by atoms with Crippen molar-refractivity contribution in [2.45, 2.75) is 12.6 Å². The van der Waals surface area contributed by atoms with Crippen molar-refractivity contribution in [3.63, 3.8) is 0 Å². The van der Waals surface area contributed by atoms with Gasteiger partial charge < -0.3 is 10.4 Å². The molecule has 0 fully saturated rings. The van der Waals surface area contributed by atoms with Crippen molar-refractivity contribution < 1.29 is 13.5 Å². The van der Waals surface area contributed by atoms with Crippen molar-refractivity contribution >= 4 is 10.0 Å². The minimum atomic E-state index is -3.33. The fraction of sp³-hybridized carbons (Fsp3) is 0.571. The van der Waals surface area contributed by atoms with Gasteiger partial charge in [0.05, 0.1) is 30.8 Å². The van der Waals surface area contributed by atoms with Gasteiger partial charge in [0.15, 0.2) is 0 Å². The number of fused-ring (bicyclic) bond motifs is 1. The van der Waals surface area contributed by atoms with E-state index in [9.17, 15) is 8.42 Å². The van der Waals surface area contributed by atoms with Gasteiger partial charge in [-0.2, -0.15) is 9.19 Å². The van der Waals surface area contributed by atoms with E-state index in [2.05, 4.69) is 10.4 Å². The summed E-state index contributed by atoms with van der Waals surface area (Å²) in [4.78, 5) is 0. The molecule has 78 valence electrons. The maximum atomic E-state index is 11.3. The predicted molar refractivity (Wildman–Crippen MR) is 49.1 cm³/mol. The molecule has 0 bridgehead atoms. The normalized spacial score (nSPS) is 21.1. The molecule has 2 N–H and O–H groups in total. The Bertz CT molecular complexity index is 451. The molecule has 1 aromatic heterocycles. The first kappa shape index (κ1) is 9.63. The lowest BCUT2D eigenvalue weighted by Crippen LogP contribution is -2.18. The monoisotopic (exact) mass is 217 g/mol. The van der Waals surface area contributed by atoms with Crippen LogP contribution in [0.5, 0.6) is 0 Å². The fourth-order valence-corrected chi connectivity index (χ4v) is 2.40. The Hall–Kier alpha value is -0.920. The summed E-state index contributed by atoms with van der Waals surface area (Å²) in [6.45, 7) is 0.371. The molecule has 14 heavy (non-hydrogen) atoms. The molecular formula is C7H11N3O3S. The third kappa shape index (κ3) is 1.33. The number of aliphatic hydroxyl groups excluding tert-OH is 1. The van der Waals surface area contributed by atoms with Gasteiger partial charge in [-0.3, -0.25) is 0 Å². The molecule has 0 aromatic carbocycles. The second-order valence-corrected chi connectivity index (χ2v) is 5.08. The van der Waals surface area contributed by atoms with Gasteiger partial charge in [0.2, 0.25) is 0 Å². The van der Waals surface area contributed by atoms with Crippen LogP contribution in [0.3, 0.4) is 0 Å². The SMILES string of the molecule is CS(=O)(=O)n1ncc2c1CNC2CO. The first-order valence-corrected chi connectivity index (χ1v) is 6.00. The summed E-state index contributed by atoms with van der Waals surface area (Å²) in [5, 5.41) is 15.7. The van der Waals surface area contributed by atoms with Crippen LogP contribution in [0.25, 0.3) is 0 Å². The highest BCUT2D eigenvalue weighted by Crippen LogP contribution is 2.24. The van der Waals surface area contributed by atoms with Crippen LogP contribution in [0, 0.1) is 0 Å². The molecule has 0 saturated heterocycles. The Morgan fingerprint density at radius 3 is 3.07 bits per heavy atom. The molecule has 0 radical (unpaired) electrons. The summed E-state index contributed by atoms with van der Waals surface area (Å²) < 4.78 is 23.5. The van der Waals surface area contributed by atoms with Crippen LogP contribution in [0.1, 0.15) is 17.3 Å². The largest absolute Gasteiger partial charge is 0.394 e. The third-order valence-corrected chi connectivity index (χ3v) is 3.20. The van der Waals surface area contributed by atoms with E-state index in [0.29, 0.717) is 12.2 Å². The number of aliphatic hydroxyl groups is 1. The van der Waals surface area contributed by atoms with Crippen molar-refractivity contribution in [3.8, 4) is 0 Å². The van der Waals surface area contributed by atoms with Gasteiger partial charge in [0.25, 0.3) is 10.0 Å². The molecule has 1 unspecified atom stereocenters. The van der Waals surface area contributed by atoms with Gasteiger partial charge in [-0.15, -0.1) is 0 Å². The van der Waals surface area contributed by atoms with Gasteiger partial charge in [-0.05, 0) is 0 Å². The highest BCUT2D eigenvalue weighted by atomic mass is 32.2. The summed E-state index contributed by atoms with van der Waals surface area (Å²) >= 11 is 0. The number of nitrogens with one attached hydrogen (secondary N) is 1. The van der Waals surface area contributed by atoms with Crippen LogP contribution in [0.15, 0.2) is 6.20 Å². The van der Waals surface area contributed by atoms with Crippen LogP contribution in [0.2, 0.25) is 0 Å². The second kappa shape index (κ2) is 3.04. The number of hydrogen-bond acceptors (Lipinski definition) is 5. The number of nitrogens with zero attached hydrogens (tertiary/aromatic N) is 2. The second-order valence-electron chi connectivity index (χ2n) is 3.27. The first-order valence-electron chi connectivity index (χ1n) is 4.15. The lowest BCUT2D eigenvalue weighted by atomic mass is 10.2. The number of hydrogen-bond donors (Lipinski definition) is 2. The zero-order valence-corrected chi connectivity index (χ0v) is 8.45. The molecule has 7 heteroatoms. The highest BCUT2D eigenvalue weighted by molar-refractivity contribution is 7.89. The van der Waals surface area contributed by atoms with Crippen molar-refractivity contribution in [2.75, 3.05) is 12.9 Å². The van der Waals surface area contributed by atoms with E-state index >= 15 is 0 Å². The first-order chi connectivity index (χ1) is 6.54. The van der Waals surface area contributed by atoms with Gasteiger partial charge in [-0.25, -0.2) is 8.42 Å². The van der Waals surface area contributed by atoms with Crippen molar-refractivity contribution in [2.24, 2.45) is 0 Å². The predicted octanol–water partition coefficient (Wildman–Crippen LogP) is -1.17. The fourth-order valence-electron chi connectivity index (χ4n) is 1.61. The molecule has 1 aromatic rings. The zero-order chi connectivity index (χ0) is 10.3. The molecule has 2 rings (SSSR count). The van der Waals surface area contributed by atoms with Crippen LogP contribution in [0.4, 0.5) is 0 Å². The minimum Gasteiger partial charge on any atom is -0.394 e. The van der Waals surface area contributed by atoms with Crippen molar-refractivity contribution in [1.82, 2.24) is 14.5 Å². The van der Waals surface area contributed by atoms with Crippen LogP contribution >= 0.6 is 0 Å². The minimum absolute atomic E-state index is 0.0531. The van der Waals surface area contributed by atoms with E-state index in [1.807, 2.05) is 0 Å². The van der Waals surface area contributed by atoms with Gasteiger partial charge in [0.1, 0.15) is 0 Å². The van der Waals surface area contributed by atoms with E-state index < -0.39 is 10.0 Å². The topological polar surface area (TPSA) is 84.2 Å². The van der Waals surface area contributed by atoms with Crippen molar-refractivity contribution in [1.29, 1.82) is 0 Å². The van der Waals surface area contributed by atoms with E-state index in [4.69, 9.17) is 5.11 Å². The zero-order valence-electron chi connectivity index (χ0n) is 7.64. The Balaban J connectivity index is 2.51. The summed E-state index contributed by atoms with van der Waals surface area (Å²) in [5.41, 5.74) is 1.38. The van der Waals surface area contributed by atoms with Crippen LogP contribution in [-0.2, 0) is 16.6 Å². The molecular weight excluding hydrogens is 206 g/mol. The van der Waals surface area contributed by atoms with Crippen LogP contribution in [-0.4, -0.2) is 35.6 Å². The number of rotatable bonds is 2. The maximum Gasteiger partial charge on any atom is 0.251 e. The lowest BCUT2D eigenvalue weighted by Gasteiger charge is -2.03. The quantitative estimate of drug-likeness (QED) is 0.652. The molecule has 0 saturated carbocycles. The van der Waals surface area contributed by atoms with Crippen molar-refractivity contribution in [3.05, 3.63) is 17.5 Å². The van der Waals surface area contributed by atoms with Gasteiger partial charge >= 0.3 is 0 Å². The Morgan fingerprint density at radius 1 is 1.79 bits per heavy atom. The standard InChI is InChI=1S/C7H11N3O3S/c1-14(12,13)10-7-3-8-6(4-11)5(7)2-9-10/h2,6,8,11H,3-4H2,1H3. The summed E-state index contributed by atoms with van der Waals surface area (Å²) in [6, 6.07) is -0.194. The molecule has 1 aliphatic heterocycles. The molecule has 1 aliphatic rings. The van der Waals surface area contributed by atoms with E-state index in [0.717, 1.165) is 15.9 Å². The molecule has 0 spiro atoms. The summed E-state index contributed by atoms with van der Waals surface area (Å²) in [5.74, 6) is 0. The molecule has 1 atom stereocenters. The average molecular weight is 217 g/mol. The van der Waals surface area contributed by atoms with Gasteiger partial charge in [0, 0.05) is 12.1 Å².